The molecule has 2 aliphatic heterocycles. The van der Waals surface area contributed by atoms with Gasteiger partial charge in [-0.3, -0.25) is 9.69 Å². The smallest absolute Gasteiger partial charge is 0.234 e. The summed E-state index contributed by atoms with van der Waals surface area (Å²) in [4.78, 5) is 14.6. The predicted molar refractivity (Wildman–Crippen MR) is 104 cm³/mol. The highest BCUT2D eigenvalue weighted by molar-refractivity contribution is 8.02. The van der Waals surface area contributed by atoms with Gasteiger partial charge in [0, 0.05) is 17.5 Å². The van der Waals surface area contributed by atoms with Gasteiger partial charge in [0.05, 0.1) is 17.3 Å². The molecule has 2 fully saturated rings. The van der Waals surface area contributed by atoms with E-state index in [0.717, 1.165) is 25.3 Å². The molecule has 0 spiro atoms. The van der Waals surface area contributed by atoms with Crippen LogP contribution < -0.4 is 5.32 Å². The third kappa shape index (κ3) is 6.01. The van der Waals surface area contributed by atoms with Crippen LogP contribution in [0.25, 0.3) is 0 Å². The first kappa shape index (κ1) is 18.7. The number of anilines is 1. The summed E-state index contributed by atoms with van der Waals surface area (Å²) in [5, 5.41) is 2.99. The minimum atomic E-state index is -2.88. The zero-order valence-electron chi connectivity index (χ0n) is 14.4. The number of rotatable bonds is 6. The van der Waals surface area contributed by atoms with Crippen molar-refractivity contribution in [3.05, 3.63) is 29.8 Å². The van der Waals surface area contributed by atoms with Crippen molar-refractivity contribution in [3.63, 3.8) is 0 Å². The first-order chi connectivity index (χ1) is 12.0. The maximum Gasteiger partial charge on any atom is 0.234 e. The number of benzene rings is 1. The third-order valence-corrected chi connectivity index (χ3v) is 7.99. The quantitative estimate of drug-likeness (QED) is 0.819. The van der Waals surface area contributed by atoms with Crippen molar-refractivity contribution in [1.82, 2.24) is 4.90 Å². The molecule has 1 unspecified atom stereocenters. The molecule has 1 N–H and O–H groups in total. The first-order valence-corrected chi connectivity index (χ1v) is 11.8. The van der Waals surface area contributed by atoms with E-state index in [2.05, 4.69) is 16.3 Å². The monoisotopic (exact) mass is 382 g/mol. The van der Waals surface area contributed by atoms with E-state index in [0.29, 0.717) is 12.2 Å². The van der Waals surface area contributed by atoms with E-state index in [4.69, 9.17) is 0 Å². The summed E-state index contributed by atoms with van der Waals surface area (Å²) in [7, 11) is -2.88. The minimum Gasteiger partial charge on any atom is -0.325 e. The molecule has 1 aromatic rings. The molecule has 0 aromatic heterocycles. The van der Waals surface area contributed by atoms with Gasteiger partial charge >= 0.3 is 0 Å². The van der Waals surface area contributed by atoms with Gasteiger partial charge in [-0.25, -0.2) is 8.42 Å². The van der Waals surface area contributed by atoms with Crippen LogP contribution in [0.4, 0.5) is 5.69 Å². The predicted octanol–water partition coefficient (Wildman–Crippen LogP) is 2.53. The highest BCUT2D eigenvalue weighted by atomic mass is 32.2. The lowest BCUT2D eigenvalue weighted by Gasteiger charge is -2.26. The molecule has 0 saturated carbocycles. The maximum absolute atomic E-state index is 12.1. The van der Waals surface area contributed by atoms with Crippen LogP contribution in [0, 0.1) is 0 Å². The Bertz CT molecular complexity index is 700. The van der Waals surface area contributed by atoms with E-state index in [1.807, 2.05) is 18.2 Å². The van der Waals surface area contributed by atoms with E-state index in [1.54, 1.807) is 0 Å². The van der Waals surface area contributed by atoms with Gasteiger partial charge < -0.3 is 5.32 Å². The van der Waals surface area contributed by atoms with Crippen LogP contribution >= 0.6 is 11.8 Å². The Morgan fingerprint density at radius 1 is 1.24 bits per heavy atom. The molecule has 1 atom stereocenters. The Hall–Kier alpha value is -1.05. The average Bonchev–Trinajstić information content (AvgIpc) is 2.93. The van der Waals surface area contributed by atoms with Crippen LogP contribution in [0.2, 0.25) is 0 Å². The fraction of sp³-hybridized carbons (Fsp3) is 0.611. The highest BCUT2D eigenvalue weighted by Gasteiger charge is 2.28. The van der Waals surface area contributed by atoms with Crippen LogP contribution in [0.15, 0.2) is 24.3 Å². The number of amides is 1. The molecule has 3 rings (SSSR count). The van der Waals surface area contributed by atoms with Crippen molar-refractivity contribution in [3.8, 4) is 0 Å². The summed E-state index contributed by atoms with van der Waals surface area (Å²) in [6.07, 6.45) is 4.52. The second-order valence-electron chi connectivity index (χ2n) is 6.92. The van der Waals surface area contributed by atoms with Gasteiger partial charge in [-0.2, -0.15) is 0 Å². The number of nitrogens with one attached hydrogen (secondary N) is 1. The normalized spacial score (nSPS) is 23.4. The largest absolute Gasteiger partial charge is 0.325 e. The van der Waals surface area contributed by atoms with Crippen molar-refractivity contribution in [2.45, 2.75) is 37.5 Å². The van der Waals surface area contributed by atoms with Crippen LogP contribution in [0.1, 0.15) is 31.2 Å². The summed E-state index contributed by atoms with van der Waals surface area (Å²) in [5.74, 6) is 0.696. The first-order valence-electron chi connectivity index (χ1n) is 8.93. The number of piperidine rings is 1. The molecule has 7 heteroatoms. The Labute approximate surface area is 154 Å². The Morgan fingerprint density at radius 3 is 2.76 bits per heavy atom. The molecular formula is C18H26N2O3S2. The van der Waals surface area contributed by atoms with Gasteiger partial charge in [0.1, 0.15) is 0 Å². The molecule has 0 aliphatic carbocycles. The molecule has 2 aliphatic rings. The van der Waals surface area contributed by atoms with E-state index in [-0.39, 0.29) is 22.7 Å². The summed E-state index contributed by atoms with van der Waals surface area (Å²) in [6.45, 7) is 3.23. The summed E-state index contributed by atoms with van der Waals surface area (Å²) >= 11 is 1.45. The second kappa shape index (κ2) is 8.56. The van der Waals surface area contributed by atoms with Crippen molar-refractivity contribution in [2.24, 2.45) is 0 Å². The zero-order valence-corrected chi connectivity index (χ0v) is 16.1. The number of nitrogens with zero attached hydrogens (tertiary/aromatic N) is 1. The zero-order chi connectivity index (χ0) is 17.7. The summed E-state index contributed by atoms with van der Waals surface area (Å²) in [5.41, 5.74) is 2.04. The molecule has 5 nitrogen and oxygen atoms in total. The van der Waals surface area contributed by atoms with E-state index in [1.165, 1.54) is 36.6 Å². The van der Waals surface area contributed by atoms with Crippen molar-refractivity contribution < 1.29 is 13.2 Å². The minimum absolute atomic E-state index is 0.0567. The second-order valence-corrected chi connectivity index (χ2v) is 10.4. The number of carbonyl (C=O) groups excluding carboxylic acids is 1. The number of hydrogen-bond donors (Lipinski definition) is 1. The topological polar surface area (TPSA) is 66.5 Å². The molecule has 0 bridgehead atoms. The highest BCUT2D eigenvalue weighted by Crippen LogP contribution is 2.24. The number of thioether (sulfide) groups is 1. The van der Waals surface area contributed by atoms with Gasteiger partial charge in [-0.15, -0.1) is 11.8 Å². The van der Waals surface area contributed by atoms with E-state index in [9.17, 15) is 13.2 Å². The third-order valence-electron chi connectivity index (χ3n) is 4.71. The molecule has 1 aromatic carbocycles. The van der Waals surface area contributed by atoms with Crippen LogP contribution in [-0.4, -0.2) is 54.8 Å². The Kier molecular flexibility index (Phi) is 6.41. The van der Waals surface area contributed by atoms with Crippen LogP contribution in [-0.2, 0) is 21.2 Å². The average molecular weight is 383 g/mol. The molecule has 0 radical (unpaired) electrons. The standard InChI is InChI=1S/C18H26N2O3S2/c21-18(13-24-17-7-10-25(22,23)14-17)19-16-6-4-5-15(11-16)12-20-8-2-1-3-9-20/h4-6,11,17H,1-3,7-10,12-14H2,(H,19,21). The Balaban J connectivity index is 1.47. The molecule has 2 heterocycles. The SMILES string of the molecule is O=C(CSC1CCS(=O)(=O)C1)Nc1cccc(CN2CCCCC2)c1. The summed E-state index contributed by atoms with van der Waals surface area (Å²) in [6, 6.07) is 8.02. The van der Waals surface area contributed by atoms with Crippen molar-refractivity contribution >= 4 is 33.2 Å². The van der Waals surface area contributed by atoms with Crippen molar-refractivity contribution in [2.75, 3.05) is 35.7 Å². The lowest BCUT2D eigenvalue weighted by atomic mass is 10.1. The number of likely N-dealkylation sites (tertiary alicyclic amines) is 1. The van der Waals surface area contributed by atoms with Gasteiger partial charge in [0.15, 0.2) is 9.84 Å². The number of sulfone groups is 1. The molecule has 138 valence electrons. The molecule has 2 saturated heterocycles. The fourth-order valence-corrected chi connectivity index (χ4v) is 6.85. The molecular weight excluding hydrogens is 356 g/mol. The lowest BCUT2D eigenvalue weighted by molar-refractivity contribution is -0.113. The molecule has 25 heavy (non-hydrogen) atoms. The fourth-order valence-electron chi connectivity index (χ4n) is 3.41. The van der Waals surface area contributed by atoms with Crippen molar-refractivity contribution in [1.29, 1.82) is 0 Å². The van der Waals surface area contributed by atoms with Crippen LogP contribution in [0.5, 0.6) is 0 Å². The molecule has 1 amide bonds. The summed E-state index contributed by atoms with van der Waals surface area (Å²) < 4.78 is 22.9. The maximum atomic E-state index is 12.1. The van der Waals surface area contributed by atoms with Gasteiger partial charge in [0.2, 0.25) is 5.91 Å². The lowest BCUT2D eigenvalue weighted by Crippen LogP contribution is -2.29. The van der Waals surface area contributed by atoms with Crippen LogP contribution in [0.3, 0.4) is 0 Å². The van der Waals surface area contributed by atoms with Gasteiger partial charge in [0.25, 0.3) is 0 Å². The number of hydrogen-bond acceptors (Lipinski definition) is 5. The van der Waals surface area contributed by atoms with E-state index >= 15 is 0 Å². The van der Waals surface area contributed by atoms with Gasteiger partial charge in [-0.05, 0) is 50.0 Å². The Morgan fingerprint density at radius 2 is 2.04 bits per heavy atom. The van der Waals surface area contributed by atoms with Gasteiger partial charge in [-0.1, -0.05) is 18.6 Å². The number of carbonyl (C=O) groups is 1. The van der Waals surface area contributed by atoms with E-state index < -0.39 is 9.84 Å².